The number of likely N-dealkylation sites (tertiary alicyclic amines) is 1. The number of hydrogen-bond donors (Lipinski definition) is 1. The molecule has 0 spiro atoms. The van der Waals surface area contributed by atoms with Gasteiger partial charge >= 0.3 is 5.97 Å². The van der Waals surface area contributed by atoms with Gasteiger partial charge in [-0.2, -0.15) is 0 Å². The maximum Gasteiger partial charge on any atom is 0.311 e. The number of hydrogen-bond acceptors (Lipinski definition) is 2. The summed E-state index contributed by atoms with van der Waals surface area (Å²) in [6, 6.07) is 0. The molecule has 1 aliphatic heterocycles. The van der Waals surface area contributed by atoms with E-state index in [1.165, 1.54) is 0 Å². The van der Waals surface area contributed by atoms with Crippen LogP contribution in [-0.2, 0) is 4.79 Å². The highest BCUT2D eigenvalue weighted by atomic mass is 19.3. The zero-order chi connectivity index (χ0) is 11.6. The summed E-state index contributed by atoms with van der Waals surface area (Å²) in [4.78, 5) is 12.7. The van der Waals surface area contributed by atoms with Crippen molar-refractivity contribution in [1.82, 2.24) is 4.90 Å². The number of nitrogens with zero attached hydrogens (tertiary/aromatic N) is 1. The molecule has 3 nitrogen and oxygen atoms in total. The van der Waals surface area contributed by atoms with Crippen molar-refractivity contribution in [3.05, 3.63) is 0 Å². The van der Waals surface area contributed by atoms with Gasteiger partial charge in [0.05, 0.1) is 12.0 Å². The molecule has 0 aliphatic carbocycles. The molecule has 5 heteroatoms. The molecule has 1 heterocycles. The van der Waals surface area contributed by atoms with Crippen LogP contribution in [0.25, 0.3) is 0 Å². The van der Waals surface area contributed by atoms with Crippen LogP contribution in [0.2, 0.25) is 0 Å². The Morgan fingerprint density at radius 2 is 2.13 bits per heavy atom. The molecule has 1 unspecified atom stereocenters. The van der Waals surface area contributed by atoms with Gasteiger partial charge in [-0.3, -0.25) is 9.69 Å². The number of carboxylic acids is 1. The number of rotatable bonds is 4. The Hall–Kier alpha value is -0.710. The first-order valence-electron chi connectivity index (χ1n) is 5.12. The van der Waals surface area contributed by atoms with Crippen LogP contribution in [-0.4, -0.2) is 42.0 Å². The van der Waals surface area contributed by atoms with Crippen molar-refractivity contribution in [2.45, 2.75) is 26.7 Å². The monoisotopic (exact) mass is 221 g/mol. The quantitative estimate of drug-likeness (QED) is 0.785. The summed E-state index contributed by atoms with van der Waals surface area (Å²) in [6.45, 7) is 4.04. The lowest BCUT2D eigenvalue weighted by atomic mass is 9.76. The van der Waals surface area contributed by atoms with Crippen molar-refractivity contribution in [2.24, 2.45) is 11.3 Å². The molecule has 1 aliphatic rings. The molecule has 0 amide bonds. The Morgan fingerprint density at radius 1 is 1.53 bits per heavy atom. The molecule has 1 N–H and O–H groups in total. The van der Waals surface area contributed by atoms with Gasteiger partial charge in [-0.25, -0.2) is 8.78 Å². The molecule has 1 atom stereocenters. The summed E-state index contributed by atoms with van der Waals surface area (Å²) >= 11 is 0. The third-order valence-corrected chi connectivity index (χ3v) is 3.31. The molecule has 0 aromatic rings. The van der Waals surface area contributed by atoms with E-state index in [4.69, 9.17) is 0 Å². The largest absolute Gasteiger partial charge is 0.481 e. The number of aliphatic carboxylic acids is 1. The van der Waals surface area contributed by atoms with Crippen molar-refractivity contribution in [1.29, 1.82) is 0 Å². The van der Waals surface area contributed by atoms with E-state index < -0.39 is 17.8 Å². The highest BCUT2D eigenvalue weighted by molar-refractivity contribution is 5.75. The van der Waals surface area contributed by atoms with E-state index >= 15 is 0 Å². The van der Waals surface area contributed by atoms with Gasteiger partial charge in [0.15, 0.2) is 0 Å². The number of halogens is 2. The summed E-state index contributed by atoms with van der Waals surface area (Å²) in [5.74, 6) is -0.896. The standard InChI is InChI=1S/C10H17F2NO2/c1-7(2)10(9(14)15)3-4-13(6-10)5-8(11)12/h7-8H,3-6H2,1-2H3,(H,14,15). The average molecular weight is 221 g/mol. The first-order chi connectivity index (χ1) is 6.88. The van der Waals surface area contributed by atoms with Crippen molar-refractivity contribution in [2.75, 3.05) is 19.6 Å². The SMILES string of the molecule is CC(C)C1(C(=O)O)CCN(CC(F)F)C1. The van der Waals surface area contributed by atoms with Crippen LogP contribution in [0.1, 0.15) is 20.3 Å². The zero-order valence-corrected chi connectivity index (χ0v) is 9.04. The minimum absolute atomic E-state index is 0.0299. The van der Waals surface area contributed by atoms with Gasteiger partial charge in [0.25, 0.3) is 6.43 Å². The molecule has 15 heavy (non-hydrogen) atoms. The van der Waals surface area contributed by atoms with Crippen molar-refractivity contribution in [3.63, 3.8) is 0 Å². The smallest absolute Gasteiger partial charge is 0.311 e. The van der Waals surface area contributed by atoms with Crippen molar-refractivity contribution < 1.29 is 18.7 Å². The maximum atomic E-state index is 12.2. The van der Waals surface area contributed by atoms with E-state index in [1.54, 1.807) is 4.90 Å². The first kappa shape index (κ1) is 12.4. The van der Waals surface area contributed by atoms with E-state index in [0.717, 1.165) is 0 Å². The van der Waals surface area contributed by atoms with Crippen LogP contribution < -0.4 is 0 Å². The lowest BCUT2D eigenvalue weighted by Crippen LogP contribution is -2.40. The van der Waals surface area contributed by atoms with Crippen LogP contribution in [0.5, 0.6) is 0 Å². The lowest BCUT2D eigenvalue weighted by Gasteiger charge is -2.28. The third kappa shape index (κ3) is 2.45. The minimum Gasteiger partial charge on any atom is -0.481 e. The predicted octanol–water partition coefficient (Wildman–Crippen LogP) is 1.68. The second-order valence-corrected chi connectivity index (χ2v) is 4.49. The van der Waals surface area contributed by atoms with Crippen LogP contribution >= 0.6 is 0 Å². The minimum atomic E-state index is -2.39. The Bertz CT molecular complexity index is 246. The van der Waals surface area contributed by atoms with Gasteiger partial charge in [-0.15, -0.1) is 0 Å². The molecule has 1 fully saturated rings. The fraction of sp³-hybridized carbons (Fsp3) is 0.900. The van der Waals surface area contributed by atoms with Gasteiger partial charge in [0.1, 0.15) is 0 Å². The molecule has 0 radical (unpaired) electrons. The normalized spacial score (nSPS) is 27.9. The van der Waals surface area contributed by atoms with Crippen LogP contribution in [0.4, 0.5) is 8.78 Å². The van der Waals surface area contributed by atoms with E-state index in [1.807, 2.05) is 13.8 Å². The molecule has 0 aromatic heterocycles. The Balaban J connectivity index is 2.68. The van der Waals surface area contributed by atoms with Gasteiger partial charge in [-0.05, 0) is 18.9 Å². The lowest BCUT2D eigenvalue weighted by molar-refractivity contribution is -0.151. The summed E-state index contributed by atoms with van der Waals surface area (Å²) in [7, 11) is 0. The Kier molecular flexibility index (Phi) is 3.65. The summed E-state index contributed by atoms with van der Waals surface area (Å²) in [6.07, 6.45) is -1.92. The highest BCUT2D eigenvalue weighted by Crippen LogP contribution is 2.38. The van der Waals surface area contributed by atoms with E-state index in [9.17, 15) is 18.7 Å². The van der Waals surface area contributed by atoms with Crippen molar-refractivity contribution in [3.8, 4) is 0 Å². The second-order valence-electron chi connectivity index (χ2n) is 4.49. The fourth-order valence-electron chi connectivity index (χ4n) is 2.16. The molecule has 0 bridgehead atoms. The van der Waals surface area contributed by atoms with Gasteiger partial charge in [0.2, 0.25) is 0 Å². The van der Waals surface area contributed by atoms with E-state index in [2.05, 4.69) is 0 Å². The maximum absolute atomic E-state index is 12.2. The number of carboxylic acid groups (broad SMARTS) is 1. The first-order valence-corrected chi connectivity index (χ1v) is 5.12. The molecule has 0 saturated carbocycles. The van der Waals surface area contributed by atoms with Crippen LogP contribution in [0.3, 0.4) is 0 Å². The summed E-state index contributed by atoms with van der Waals surface area (Å²) in [5.41, 5.74) is -0.838. The van der Waals surface area contributed by atoms with Crippen LogP contribution in [0.15, 0.2) is 0 Å². The van der Waals surface area contributed by atoms with E-state index in [0.29, 0.717) is 13.0 Å². The zero-order valence-electron chi connectivity index (χ0n) is 9.04. The van der Waals surface area contributed by atoms with Gasteiger partial charge < -0.3 is 5.11 Å². The fourth-order valence-corrected chi connectivity index (χ4v) is 2.16. The van der Waals surface area contributed by atoms with E-state index in [-0.39, 0.29) is 19.0 Å². The molecular formula is C10H17F2NO2. The van der Waals surface area contributed by atoms with Crippen LogP contribution in [0, 0.1) is 11.3 Å². The topological polar surface area (TPSA) is 40.5 Å². The molecular weight excluding hydrogens is 204 g/mol. The Morgan fingerprint density at radius 3 is 2.47 bits per heavy atom. The molecule has 88 valence electrons. The molecule has 0 aromatic carbocycles. The molecule has 1 rings (SSSR count). The number of alkyl halides is 2. The van der Waals surface area contributed by atoms with Crippen molar-refractivity contribution >= 4 is 5.97 Å². The van der Waals surface area contributed by atoms with Gasteiger partial charge in [-0.1, -0.05) is 13.8 Å². The second kappa shape index (κ2) is 4.43. The number of carbonyl (C=O) groups is 1. The Labute approximate surface area is 88.1 Å². The predicted molar refractivity (Wildman–Crippen MR) is 52.0 cm³/mol. The summed E-state index contributed by atoms with van der Waals surface area (Å²) in [5, 5.41) is 9.17. The van der Waals surface area contributed by atoms with Gasteiger partial charge in [0, 0.05) is 6.54 Å². The average Bonchev–Trinajstić information content (AvgIpc) is 2.48. The highest BCUT2D eigenvalue weighted by Gasteiger charge is 2.47. The summed E-state index contributed by atoms with van der Waals surface area (Å²) < 4.78 is 24.3. The third-order valence-electron chi connectivity index (χ3n) is 3.31. The molecule has 1 saturated heterocycles.